The van der Waals surface area contributed by atoms with E-state index >= 15 is 0 Å². The molecule has 0 spiro atoms. The Hall–Kier alpha value is -2.93. The van der Waals surface area contributed by atoms with Crippen LogP contribution >= 0.6 is 0 Å². The van der Waals surface area contributed by atoms with Crippen molar-refractivity contribution in [1.29, 1.82) is 0 Å². The van der Waals surface area contributed by atoms with Gasteiger partial charge in [0.2, 0.25) is 0 Å². The van der Waals surface area contributed by atoms with Crippen LogP contribution < -0.4 is 10.2 Å². The van der Waals surface area contributed by atoms with E-state index in [1.165, 1.54) is 7.11 Å². The van der Waals surface area contributed by atoms with Crippen LogP contribution in [-0.4, -0.2) is 62.1 Å². The molecule has 2 heterocycles. The molecule has 0 aliphatic carbocycles. The lowest BCUT2D eigenvalue weighted by molar-refractivity contribution is 0.0600. The van der Waals surface area contributed by atoms with Crippen molar-refractivity contribution in [2.24, 2.45) is 0 Å². The van der Waals surface area contributed by atoms with E-state index in [1.807, 2.05) is 6.07 Å². The monoisotopic (exact) mass is 354 g/mol. The van der Waals surface area contributed by atoms with Crippen LogP contribution in [0.5, 0.6) is 0 Å². The molecule has 7 nitrogen and oxygen atoms in total. The summed E-state index contributed by atoms with van der Waals surface area (Å²) >= 11 is 0. The lowest BCUT2D eigenvalue weighted by Gasteiger charge is -2.34. The standard InChI is InChI=1S/C19H22N4O3/c1-22-8-10-23(11-9-22)16-6-7-20-17(13-16)18(24)21-15-5-3-4-14(12-15)19(25)26-2/h3-7,12-13H,8-11H2,1-2H3,(H,21,24). The first-order valence-electron chi connectivity index (χ1n) is 8.46. The molecule has 0 atom stereocenters. The average Bonchev–Trinajstić information content (AvgIpc) is 2.68. The lowest BCUT2D eigenvalue weighted by Crippen LogP contribution is -2.44. The second-order valence-electron chi connectivity index (χ2n) is 6.22. The summed E-state index contributed by atoms with van der Waals surface area (Å²) in [6, 6.07) is 10.3. The maximum Gasteiger partial charge on any atom is 0.337 e. The zero-order valence-corrected chi connectivity index (χ0v) is 14.9. The smallest absolute Gasteiger partial charge is 0.337 e. The normalized spacial score (nSPS) is 14.8. The summed E-state index contributed by atoms with van der Waals surface area (Å²) in [6.45, 7) is 3.82. The fraction of sp³-hybridized carbons (Fsp3) is 0.316. The minimum Gasteiger partial charge on any atom is -0.465 e. The van der Waals surface area contributed by atoms with Crippen molar-refractivity contribution in [2.75, 3.05) is 50.6 Å². The van der Waals surface area contributed by atoms with Crippen molar-refractivity contribution in [3.8, 4) is 0 Å². The Balaban J connectivity index is 1.72. The van der Waals surface area contributed by atoms with Crippen LogP contribution in [0.1, 0.15) is 20.8 Å². The summed E-state index contributed by atoms with van der Waals surface area (Å²) in [5, 5.41) is 2.78. The quantitative estimate of drug-likeness (QED) is 0.845. The topological polar surface area (TPSA) is 74.8 Å². The van der Waals surface area contributed by atoms with Crippen LogP contribution in [0.3, 0.4) is 0 Å². The molecule has 3 rings (SSSR count). The SMILES string of the molecule is COC(=O)c1cccc(NC(=O)c2cc(N3CCN(C)CC3)ccn2)c1. The van der Waals surface area contributed by atoms with Gasteiger partial charge in [0.15, 0.2) is 0 Å². The van der Waals surface area contributed by atoms with Crippen molar-refractivity contribution in [2.45, 2.75) is 0 Å². The maximum absolute atomic E-state index is 12.5. The number of rotatable bonds is 4. The number of nitrogens with one attached hydrogen (secondary N) is 1. The molecule has 0 radical (unpaired) electrons. The molecule has 1 aliphatic heterocycles. The van der Waals surface area contributed by atoms with Gasteiger partial charge in [-0.15, -0.1) is 0 Å². The highest BCUT2D eigenvalue weighted by atomic mass is 16.5. The van der Waals surface area contributed by atoms with E-state index in [-0.39, 0.29) is 5.91 Å². The number of carbonyl (C=O) groups excluding carboxylic acids is 2. The van der Waals surface area contributed by atoms with E-state index < -0.39 is 5.97 Å². The molecule has 1 aromatic carbocycles. The number of esters is 1. The second kappa shape index (κ2) is 7.97. The molecule has 2 aromatic rings. The zero-order chi connectivity index (χ0) is 18.5. The van der Waals surface area contributed by atoms with Crippen molar-refractivity contribution >= 4 is 23.3 Å². The van der Waals surface area contributed by atoms with Gasteiger partial charge in [-0.05, 0) is 37.4 Å². The van der Waals surface area contributed by atoms with Gasteiger partial charge in [0, 0.05) is 43.8 Å². The van der Waals surface area contributed by atoms with Crippen LogP contribution in [0, 0.1) is 0 Å². The number of pyridine rings is 1. The number of likely N-dealkylation sites (N-methyl/N-ethyl adjacent to an activating group) is 1. The minimum absolute atomic E-state index is 0.317. The van der Waals surface area contributed by atoms with Gasteiger partial charge in [0.25, 0.3) is 5.91 Å². The van der Waals surface area contributed by atoms with Crippen LogP contribution in [-0.2, 0) is 4.74 Å². The molecule has 136 valence electrons. The van der Waals surface area contributed by atoms with Gasteiger partial charge in [0.05, 0.1) is 12.7 Å². The van der Waals surface area contributed by atoms with Gasteiger partial charge in [-0.2, -0.15) is 0 Å². The molecular formula is C19H22N4O3. The van der Waals surface area contributed by atoms with E-state index in [2.05, 4.69) is 27.1 Å². The molecular weight excluding hydrogens is 332 g/mol. The van der Waals surface area contributed by atoms with Gasteiger partial charge in [0.1, 0.15) is 5.69 Å². The number of anilines is 2. The van der Waals surface area contributed by atoms with Gasteiger partial charge < -0.3 is 19.9 Å². The first-order chi connectivity index (χ1) is 12.6. The van der Waals surface area contributed by atoms with Gasteiger partial charge >= 0.3 is 5.97 Å². The lowest BCUT2D eigenvalue weighted by atomic mass is 10.2. The molecule has 1 saturated heterocycles. The number of piperazine rings is 1. The number of ether oxygens (including phenoxy) is 1. The molecule has 1 aliphatic rings. The van der Waals surface area contributed by atoms with Crippen molar-refractivity contribution in [3.63, 3.8) is 0 Å². The Morgan fingerprint density at radius 3 is 2.62 bits per heavy atom. The Morgan fingerprint density at radius 2 is 1.88 bits per heavy atom. The third-order valence-electron chi connectivity index (χ3n) is 4.39. The predicted molar refractivity (Wildman–Crippen MR) is 99.7 cm³/mol. The Bertz CT molecular complexity index is 801. The highest BCUT2D eigenvalue weighted by Gasteiger charge is 2.16. The summed E-state index contributed by atoms with van der Waals surface area (Å²) < 4.78 is 4.70. The molecule has 1 N–H and O–H groups in total. The van der Waals surface area contributed by atoms with E-state index in [9.17, 15) is 9.59 Å². The molecule has 26 heavy (non-hydrogen) atoms. The van der Waals surface area contributed by atoms with Gasteiger partial charge in [-0.1, -0.05) is 6.07 Å². The molecule has 0 unspecified atom stereocenters. The zero-order valence-electron chi connectivity index (χ0n) is 14.9. The number of aromatic nitrogens is 1. The molecule has 1 fully saturated rings. The summed E-state index contributed by atoms with van der Waals surface area (Å²) in [6.07, 6.45) is 1.65. The van der Waals surface area contributed by atoms with Crippen LogP contribution in [0.25, 0.3) is 0 Å². The van der Waals surface area contributed by atoms with Crippen molar-refractivity contribution in [3.05, 3.63) is 53.9 Å². The van der Waals surface area contributed by atoms with Crippen molar-refractivity contribution in [1.82, 2.24) is 9.88 Å². The third-order valence-corrected chi connectivity index (χ3v) is 4.39. The molecule has 1 aromatic heterocycles. The van der Waals surface area contributed by atoms with Crippen LogP contribution in [0.15, 0.2) is 42.6 Å². The molecule has 0 bridgehead atoms. The number of nitrogens with zero attached hydrogens (tertiary/aromatic N) is 3. The van der Waals surface area contributed by atoms with Crippen LogP contribution in [0.4, 0.5) is 11.4 Å². The Kier molecular flexibility index (Phi) is 5.48. The number of benzene rings is 1. The van der Waals surface area contributed by atoms with E-state index in [4.69, 9.17) is 4.74 Å². The van der Waals surface area contributed by atoms with Gasteiger partial charge in [-0.25, -0.2) is 4.79 Å². The third kappa shape index (κ3) is 4.18. The highest BCUT2D eigenvalue weighted by molar-refractivity contribution is 6.04. The Morgan fingerprint density at radius 1 is 1.12 bits per heavy atom. The first-order valence-corrected chi connectivity index (χ1v) is 8.46. The van der Waals surface area contributed by atoms with Crippen LogP contribution in [0.2, 0.25) is 0 Å². The predicted octanol–water partition coefficient (Wildman–Crippen LogP) is 1.87. The fourth-order valence-electron chi connectivity index (χ4n) is 2.84. The summed E-state index contributed by atoms with van der Waals surface area (Å²) in [7, 11) is 3.42. The van der Waals surface area contributed by atoms with E-state index in [0.717, 1.165) is 31.9 Å². The molecule has 7 heteroatoms. The second-order valence-corrected chi connectivity index (χ2v) is 6.22. The number of hydrogen-bond acceptors (Lipinski definition) is 6. The molecule has 1 amide bonds. The van der Waals surface area contributed by atoms with E-state index in [0.29, 0.717) is 16.9 Å². The number of amides is 1. The average molecular weight is 354 g/mol. The summed E-state index contributed by atoms with van der Waals surface area (Å²) in [5.74, 6) is -0.765. The maximum atomic E-state index is 12.5. The molecule has 0 saturated carbocycles. The minimum atomic E-state index is -0.448. The van der Waals surface area contributed by atoms with E-state index in [1.54, 1.807) is 36.5 Å². The summed E-state index contributed by atoms with van der Waals surface area (Å²) in [4.78, 5) is 32.8. The Labute approximate surface area is 152 Å². The fourth-order valence-corrected chi connectivity index (χ4v) is 2.84. The summed E-state index contributed by atoms with van der Waals surface area (Å²) in [5.41, 5.74) is 2.22. The number of methoxy groups -OCH3 is 1. The highest BCUT2D eigenvalue weighted by Crippen LogP contribution is 2.18. The van der Waals surface area contributed by atoms with Gasteiger partial charge in [-0.3, -0.25) is 9.78 Å². The first kappa shape index (κ1) is 17.9. The number of hydrogen-bond donors (Lipinski definition) is 1. The van der Waals surface area contributed by atoms with Crippen molar-refractivity contribution < 1.29 is 14.3 Å². The number of carbonyl (C=O) groups is 2. The largest absolute Gasteiger partial charge is 0.465 e.